The van der Waals surface area contributed by atoms with E-state index >= 15 is 0 Å². The number of halogens is 2. The van der Waals surface area contributed by atoms with Gasteiger partial charge in [-0.3, -0.25) is 0 Å². The van der Waals surface area contributed by atoms with Gasteiger partial charge in [0.1, 0.15) is 23.8 Å². The summed E-state index contributed by atoms with van der Waals surface area (Å²) in [5.74, 6) is 0.00273. The van der Waals surface area contributed by atoms with Crippen molar-refractivity contribution in [2.24, 2.45) is 0 Å². The molecule has 17 heavy (non-hydrogen) atoms. The number of hydrogen-bond acceptors (Lipinski definition) is 3. The zero-order chi connectivity index (χ0) is 12.3. The summed E-state index contributed by atoms with van der Waals surface area (Å²) in [6.07, 6.45) is 1.29. The van der Waals surface area contributed by atoms with Gasteiger partial charge in [0.2, 0.25) is 0 Å². The van der Waals surface area contributed by atoms with Crippen molar-refractivity contribution < 1.29 is 14.2 Å². The number of aliphatic hydroxyl groups is 1. The second kappa shape index (κ2) is 5.21. The highest BCUT2D eigenvalue weighted by Crippen LogP contribution is 2.27. The van der Waals surface area contributed by atoms with Crippen LogP contribution in [-0.2, 0) is 0 Å². The predicted molar refractivity (Wildman–Crippen MR) is 64.0 cm³/mol. The molecule has 1 heterocycles. The van der Waals surface area contributed by atoms with E-state index < -0.39 is 11.4 Å². The summed E-state index contributed by atoms with van der Waals surface area (Å²) >= 11 is 5.83. The van der Waals surface area contributed by atoms with Gasteiger partial charge < -0.3 is 15.2 Å². The van der Waals surface area contributed by atoms with Crippen LogP contribution in [0.2, 0.25) is 5.02 Å². The lowest BCUT2D eigenvalue weighted by Gasteiger charge is -2.32. The van der Waals surface area contributed by atoms with Crippen LogP contribution < -0.4 is 10.1 Å². The molecule has 0 radical (unpaired) electrons. The molecule has 1 aromatic rings. The number of ether oxygens (including phenoxy) is 1. The van der Waals surface area contributed by atoms with E-state index in [4.69, 9.17) is 16.3 Å². The summed E-state index contributed by atoms with van der Waals surface area (Å²) in [5, 5.41) is 13.6. The maximum Gasteiger partial charge on any atom is 0.138 e. The van der Waals surface area contributed by atoms with Gasteiger partial charge in [0.15, 0.2) is 0 Å². The summed E-state index contributed by atoms with van der Waals surface area (Å²) in [6.45, 7) is 1.73. The van der Waals surface area contributed by atoms with Crippen molar-refractivity contribution in [2.45, 2.75) is 18.4 Å². The number of benzene rings is 1. The number of rotatable bonds is 3. The molecule has 2 rings (SSSR count). The first kappa shape index (κ1) is 12.6. The molecule has 2 N–H and O–H groups in total. The number of nitrogens with one attached hydrogen (secondary N) is 1. The van der Waals surface area contributed by atoms with Crippen LogP contribution in [-0.4, -0.2) is 30.4 Å². The predicted octanol–water partition coefficient (Wildman–Crippen LogP) is 1.97. The molecule has 0 aliphatic carbocycles. The molecule has 0 unspecified atom stereocenters. The third kappa shape index (κ3) is 3.31. The maximum atomic E-state index is 12.8. The Morgan fingerprint density at radius 3 is 2.76 bits per heavy atom. The SMILES string of the molecule is OC1(COc2ccc(F)cc2Cl)CCNCC1. The molecule has 1 aliphatic rings. The van der Waals surface area contributed by atoms with Crippen molar-refractivity contribution in [3.63, 3.8) is 0 Å². The third-order valence-corrected chi connectivity index (χ3v) is 3.22. The second-order valence-electron chi connectivity index (χ2n) is 4.34. The Hall–Kier alpha value is -0.840. The van der Waals surface area contributed by atoms with Crippen molar-refractivity contribution >= 4 is 11.6 Å². The minimum Gasteiger partial charge on any atom is -0.489 e. The topological polar surface area (TPSA) is 41.5 Å². The Balaban J connectivity index is 1.97. The van der Waals surface area contributed by atoms with Crippen molar-refractivity contribution in [3.05, 3.63) is 29.0 Å². The highest BCUT2D eigenvalue weighted by atomic mass is 35.5. The quantitative estimate of drug-likeness (QED) is 0.872. The molecule has 1 fully saturated rings. The Morgan fingerprint density at radius 1 is 1.41 bits per heavy atom. The molecule has 94 valence electrons. The van der Waals surface area contributed by atoms with Crippen LogP contribution in [0.4, 0.5) is 4.39 Å². The lowest BCUT2D eigenvalue weighted by molar-refractivity contribution is -0.0285. The Bertz CT molecular complexity index is 394. The maximum absolute atomic E-state index is 12.8. The van der Waals surface area contributed by atoms with Crippen molar-refractivity contribution in [1.29, 1.82) is 0 Å². The van der Waals surface area contributed by atoms with Crippen LogP contribution >= 0.6 is 11.6 Å². The minimum atomic E-state index is -0.817. The molecule has 5 heteroatoms. The van der Waals surface area contributed by atoms with E-state index in [1.807, 2.05) is 0 Å². The van der Waals surface area contributed by atoms with E-state index in [1.54, 1.807) is 0 Å². The zero-order valence-corrected chi connectivity index (χ0v) is 10.1. The second-order valence-corrected chi connectivity index (χ2v) is 4.74. The van der Waals surface area contributed by atoms with E-state index in [9.17, 15) is 9.50 Å². The Kier molecular flexibility index (Phi) is 3.86. The first-order valence-corrected chi connectivity index (χ1v) is 5.98. The molecular weight excluding hydrogens is 245 g/mol. The minimum absolute atomic E-state index is 0.181. The smallest absolute Gasteiger partial charge is 0.138 e. The standard InChI is InChI=1S/C12H15ClFNO2/c13-10-7-9(14)1-2-11(10)17-8-12(16)3-5-15-6-4-12/h1-2,7,15-16H,3-6,8H2. The van der Waals surface area contributed by atoms with Crippen LogP contribution in [0.25, 0.3) is 0 Å². The van der Waals surface area contributed by atoms with E-state index in [-0.39, 0.29) is 11.6 Å². The molecule has 0 amide bonds. The Labute approximate surface area is 105 Å². The van der Waals surface area contributed by atoms with Gasteiger partial charge in [-0.15, -0.1) is 0 Å². The summed E-state index contributed by atoms with van der Waals surface area (Å²) < 4.78 is 18.3. The summed E-state index contributed by atoms with van der Waals surface area (Å²) in [7, 11) is 0. The molecule has 1 aliphatic heterocycles. The Morgan fingerprint density at radius 2 is 2.12 bits per heavy atom. The molecule has 0 spiro atoms. The van der Waals surface area contributed by atoms with Gasteiger partial charge >= 0.3 is 0 Å². The van der Waals surface area contributed by atoms with Crippen molar-refractivity contribution in [1.82, 2.24) is 5.32 Å². The van der Waals surface area contributed by atoms with Crippen molar-refractivity contribution in [2.75, 3.05) is 19.7 Å². The summed E-state index contributed by atoms with van der Waals surface area (Å²) in [6, 6.07) is 3.96. The summed E-state index contributed by atoms with van der Waals surface area (Å²) in [4.78, 5) is 0. The average molecular weight is 260 g/mol. The molecule has 1 aromatic carbocycles. The van der Waals surface area contributed by atoms with E-state index in [0.717, 1.165) is 13.1 Å². The van der Waals surface area contributed by atoms with Gasteiger partial charge in [0.05, 0.1) is 5.02 Å². The van der Waals surface area contributed by atoms with Gasteiger partial charge in [-0.05, 0) is 44.1 Å². The van der Waals surface area contributed by atoms with Gasteiger partial charge in [-0.1, -0.05) is 11.6 Å². The monoisotopic (exact) mass is 259 g/mol. The lowest BCUT2D eigenvalue weighted by atomic mass is 9.93. The van der Waals surface area contributed by atoms with E-state index in [1.165, 1.54) is 18.2 Å². The highest BCUT2D eigenvalue weighted by Gasteiger charge is 2.30. The first-order valence-electron chi connectivity index (χ1n) is 5.60. The number of piperidine rings is 1. The van der Waals surface area contributed by atoms with E-state index in [0.29, 0.717) is 18.6 Å². The van der Waals surface area contributed by atoms with Gasteiger partial charge in [0.25, 0.3) is 0 Å². The molecular formula is C12H15ClFNO2. The highest BCUT2D eigenvalue weighted by molar-refractivity contribution is 6.32. The van der Waals surface area contributed by atoms with Gasteiger partial charge in [-0.25, -0.2) is 4.39 Å². The third-order valence-electron chi connectivity index (χ3n) is 2.92. The molecule has 0 bridgehead atoms. The fourth-order valence-electron chi connectivity index (χ4n) is 1.84. The fourth-order valence-corrected chi connectivity index (χ4v) is 2.06. The molecule has 0 saturated carbocycles. The molecule has 3 nitrogen and oxygen atoms in total. The zero-order valence-electron chi connectivity index (χ0n) is 9.38. The van der Waals surface area contributed by atoms with Gasteiger partial charge in [0, 0.05) is 0 Å². The van der Waals surface area contributed by atoms with Crippen molar-refractivity contribution in [3.8, 4) is 5.75 Å². The van der Waals surface area contributed by atoms with Gasteiger partial charge in [-0.2, -0.15) is 0 Å². The molecule has 0 atom stereocenters. The normalized spacial score (nSPS) is 19.0. The van der Waals surface area contributed by atoms with E-state index in [2.05, 4.69) is 5.32 Å². The first-order chi connectivity index (χ1) is 8.09. The lowest BCUT2D eigenvalue weighted by Crippen LogP contribution is -2.46. The largest absolute Gasteiger partial charge is 0.489 e. The van der Waals surface area contributed by atoms with Crippen LogP contribution in [0.5, 0.6) is 5.75 Å². The van der Waals surface area contributed by atoms with Crippen LogP contribution in [0, 0.1) is 5.82 Å². The summed E-state index contributed by atoms with van der Waals surface area (Å²) in [5.41, 5.74) is -0.817. The van der Waals surface area contributed by atoms with Crippen LogP contribution in [0.3, 0.4) is 0 Å². The van der Waals surface area contributed by atoms with Crippen LogP contribution in [0.15, 0.2) is 18.2 Å². The number of hydrogen-bond donors (Lipinski definition) is 2. The average Bonchev–Trinajstić information content (AvgIpc) is 2.29. The molecule has 0 aromatic heterocycles. The van der Waals surface area contributed by atoms with Crippen LogP contribution in [0.1, 0.15) is 12.8 Å². The fraction of sp³-hybridized carbons (Fsp3) is 0.500. The molecule has 1 saturated heterocycles.